The molecule has 0 spiro atoms. The third-order valence-electron chi connectivity index (χ3n) is 6.79. The van der Waals surface area contributed by atoms with Crippen LogP contribution in [0.15, 0.2) is 54.2 Å². The van der Waals surface area contributed by atoms with Crippen molar-refractivity contribution in [1.82, 2.24) is 0 Å². The molecule has 0 fully saturated rings. The summed E-state index contributed by atoms with van der Waals surface area (Å²) in [6, 6.07) is 13.9. The average molecular weight is 420 g/mol. The fourth-order valence-electron chi connectivity index (χ4n) is 4.86. The molecule has 4 nitrogen and oxygen atoms in total. The van der Waals surface area contributed by atoms with Crippen LogP contribution in [-0.2, 0) is 10.8 Å². The Morgan fingerprint density at radius 1 is 0.968 bits per heavy atom. The number of nitrogens with zero attached hydrogens (tertiary/aromatic N) is 1. The van der Waals surface area contributed by atoms with Crippen molar-refractivity contribution < 1.29 is 9.90 Å². The van der Waals surface area contributed by atoms with E-state index in [-0.39, 0.29) is 16.6 Å². The largest absolute Gasteiger partial charge is 0.382 e. The maximum Gasteiger partial charge on any atom is 0.193 e. The van der Waals surface area contributed by atoms with Crippen LogP contribution in [0.4, 0.5) is 0 Å². The summed E-state index contributed by atoms with van der Waals surface area (Å²) in [5.41, 5.74) is 3.15. The van der Waals surface area contributed by atoms with Gasteiger partial charge >= 0.3 is 0 Å². The Labute approximate surface area is 185 Å². The van der Waals surface area contributed by atoms with Crippen LogP contribution in [0.1, 0.15) is 87.5 Å². The van der Waals surface area contributed by atoms with Gasteiger partial charge in [-0.3, -0.25) is 4.79 Å². The Balaban J connectivity index is 2.10. The van der Waals surface area contributed by atoms with E-state index in [2.05, 4.69) is 44.7 Å². The molecule has 4 heteroatoms. The van der Waals surface area contributed by atoms with Crippen molar-refractivity contribution in [3.63, 3.8) is 0 Å². The number of carbonyl (C=O) groups excluding carboxylic acids is 1. The van der Waals surface area contributed by atoms with Crippen molar-refractivity contribution >= 4 is 11.4 Å². The van der Waals surface area contributed by atoms with E-state index in [1.165, 1.54) is 25.0 Å². The quantitative estimate of drug-likeness (QED) is 0.449. The van der Waals surface area contributed by atoms with Gasteiger partial charge in [-0.25, -0.2) is 0 Å². The number of ketones is 1. The molecule has 2 aromatic rings. The maximum atomic E-state index is 12.4. The van der Waals surface area contributed by atoms with Gasteiger partial charge in [0.05, 0.1) is 0 Å². The van der Waals surface area contributed by atoms with E-state index in [0.717, 1.165) is 17.5 Å². The van der Waals surface area contributed by atoms with Gasteiger partial charge in [0, 0.05) is 11.0 Å². The Hall–Kier alpha value is -2.59. The standard InChI is InChI=1S/C27H33NO3/c1-17(25(4,5)28-31)19-11-14-21-22(15-19)27(8,16-24(21,2)3)20-12-9-18(10-13-20)23(29)26(6,7)30/h9-15,30H,1,16H2,2-8H3. The van der Waals surface area contributed by atoms with Gasteiger partial charge in [-0.1, -0.05) is 75.0 Å². The van der Waals surface area contributed by atoms with Crippen LogP contribution in [0.3, 0.4) is 0 Å². The number of hydrogen-bond donors (Lipinski definition) is 1. The fraction of sp³-hybridized carbons (Fsp3) is 0.444. The van der Waals surface area contributed by atoms with Gasteiger partial charge < -0.3 is 5.11 Å². The second kappa shape index (κ2) is 7.23. The lowest BCUT2D eigenvalue weighted by Gasteiger charge is -2.29. The number of nitroso groups, excluding NO2 is 1. The number of benzene rings is 2. The molecule has 3 rings (SSSR count). The van der Waals surface area contributed by atoms with Crippen molar-refractivity contribution in [2.45, 2.75) is 76.9 Å². The molecule has 0 saturated heterocycles. The van der Waals surface area contributed by atoms with E-state index in [0.29, 0.717) is 11.1 Å². The first-order valence-electron chi connectivity index (χ1n) is 10.7. The van der Waals surface area contributed by atoms with E-state index in [1.807, 2.05) is 18.2 Å². The van der Waals surface area contributed by atoms with Crippen LogP contribution in [0.25, 0.3) is 5.57 Å². The highest BCUT2D eigenvalue weighted by Gasteiger charge is 2.46. The van der Waals surface area contributed by atoms with Gasteiger partial charge in [-0.15, -0.1) is 4.91 Å². The summed E-state index contributed by atoms with van der Waals surface area (Å²) >= 11 is 0. The molecule has 1 unspecified atom stereocenters. The van der Waals surface area contributed by atoms with Gasteiger partial charge in [0.15, 0.2) is 5.78 Å². The van der Waals surface area contributed by atoms with Gasteiger partial charge in [0.1, 0.15) is 11.1 Å². The zero-order valence-corrected chi connectivity index (χ0v) is 19.7. The molecule has 0 aliphatic heterocycles. The van der Waals surface area contributed by atoms with Crippen LogP contribution in [0.2, 0.25) is 0 Å². The summed E-state index contributed by atoms with van der Waals surface area (Å²) in [4.78, 5) is 23.8. The maximum absolute atomic E-state index is 12.4. The Morgan fingerprint density at radius 3 is 2.03 bits per heavy atom. The minimum absolute atomic E-state index is 0.0239. The first-order chi connectivity index (χ1) is 14.1. The van der Waals surface area contributed by atoms with Crippen LogP contribution in [0.5, 0.6) is 0 Å². The minimum Gasteiger partial charge on any atom is -0.382 e. The van der Waals surface area contributed by atoms with Crippen molar-refractivity contribution in [3.05, 3.63) is 81.8 Å². The smallest absolute Gasteiger partial charge is 0.193 e. The number of carbonyl (C=O) groups is 1. The van der Waals surface area contributed by atoms with Crippen LogP contribution in [-0.4, -0.2) is 22.0 Å². The lowest BCUT2D eigenvalue weighted by molar-refractivity contribution is 0.0488. The average Bonchev–Trinajstić information content (AvgIpc) is 2.92. The second-order valence-corrected chi connectivity index (χ2v) is 10.7. The molecule has 164 valence electrons. The zero-order chi connectivity index (χ0) is 23.4. The van der Waals surface area contributed by atoms with Crippen LogP contribution in [0, 0.1) is 4.91 Å². The highest BCUT2D eigenvalue weighted by atomic mass is 16.3. The molecule has 0 heterocycles. The molecule has 2 aromatic carbocycles. The topological polar surface area (TPSA) is 66.7 Å². The molecule has 31 heavy (non-hydrogen) atoms. The molecule has 1 aliphatic carbocycles. The molecule has 1 N–H and O–H groups in total. The van der Waals surface area contributed by atoms with E-state index in [9.17, 15) is 14.8 Å². The van der Waals surface area contributed by atoms with Gasteiger partial charge in [-0.05, 0) is 67.4 Å². The lowest BCUT2D eigenvalue weighted by Crippen LogP contribution is -2.31. The predicted molar refractivity (Wildman–Crippen MR) is 127 cm³/mol. The molecule has 0 saturated carbocycles. The van der Waals surface area contributed by atoms with Gasteiger partial charge in [0.25, 0.3) is 0 Å². The summed E-state index contributed by atoms with van der Waals surface area (Å²) in [7, 11) is 0. The summed E-state index contributed by atoms with van der Waals surface area (Å²) < 4.78 is 0. The molecule has 0 aromatic heterocycles. The van der Waals surface area contributed by atoms with Gasteiger partial charge in [-0.2, -0.15) is 0 Å². The van der Waals surface area contributed by atoms with Crippen molar-refractivity contribution in [3.8, 4) is 0 Å². The summed E-state index contributed by atoms with van der Waals surface area (Å²) in [6.45, 7) is 17.4. The van der Waals surface area contributed by atoms with Crippen LogP contribution >= 0.6 is 0 Å². The third-order valence-corrected chi connectivity index (χ3v) is 6.79. The first kappa shape index (κ1) is 23.1. The summed E-state index contributed by atoms with van der Waals surface area (Å²) in [5, 5.41) is 13.3. The monoisotopic (exact) mass is 419 g/mol. The highest BCUT2D eigenvalue weighted by Crippen LogP contribution is 2.53. The first-order valence-corrected chi connectivity index (χ1v) is 10.7. The van der Waals surface area contributed by atoms with E-state index in [1.54, 1.807) is 26.0 Å². The number of fused-ring (bicyclic) bond motifs is 1. The molecule has 1 aliphatic rings. The van der Waals surface area contributed by atoms with E-state index >= 15 is 0 Å². The van der Waals surface area contributed by atoms with Gasteiger partial charge in [0.2, 0.25) is 0 Å². The highest BCUT2D eigenvalue weighted by molar-refractivity contribution is 6.01. The molecule has 0 radical (unpaired) electrons. The zero-order valence-electron chi connectivity index (χ0n) is 19.7. The Morgan fingerprint density at radius 2 is 1.52 bits per heavy atom. The Kier molecular flexibility index (Phi) is 5.39. The second-order valence-electron chi connectivity index (χ2n) is 10.7. The fourth-order valence-corrected chi connectivity index (χ4v) is 4.86. The van der Waals surface area contributed by atoms with Crippen molar-refractivity contribution in [2.24, 2.45) is 5.18 Å². The third kappa shape index (κ3) is 3.89. The number of rotatable bonds is 6. The lowest BCUT2D eigenvalue weighted by atomic mass is 9.74. The van der Waals surface area contributed by atoms with Crippen molar-refractivity contribution in [1.29, 1.82) is 0 Å². The molecule has 0 amide bonds. The predicted octanol–water partition coefficient (Wildman–Crippen LogP) is 6.19. The molecular weight excluding hydrogens is 386 g/mol. The Bertz CT molecular complexity index is 1050. The SMILES string of the molecule is C=C(c1ccc2c(c1)C(C)(c1ccc(C(=O)C(C)(C)O)cc1)CC2(C)C)C(C)(C)N=O. The number of aliphatic hydroxyl groups is 1. The molecular formula is C27H33NO3. The van der Waals surface area contributed by atoms with Crippen molar-refractivity contribution in [2.75, 3.05) is 0 Å². The van der Waals surface area contributed by atoms with E-state index < -0.39 is 11.1 Å². The molecule has 0 bridgehead atoms. The number of hydrogen-bond acceptors (Lipinski definition) is 4. The molecule has 1 atom stereocenters. The number of Topliss-reactive ketones (excluding diaryl/α,β-unsaturated/α-hetero) is 1. The summed E-state index contributed by atoms with van der Waals surface area (Å²) in [5.74, 6) is -0.293. The minimum atomic E-state index is -1.40. The normalized spacial score (nSPS) is 20.3. The van der Waals surface area contributed by atoms with Crippen LogP contribution < -0.4 is 0 Å². The summed E-state index contributed by atoms with van der Waals surface area (Å²) in [6.07, 6.45) is 0.916. The van der Waals surface area contributed by atoms with E-state index in [4.69, 9.17) is 0 Å².